The number of rotatable bonds is 1. The smallest absolute Gasteiger partial charge is 0.250 e. The summed E-state index contributed by atoms with van der Waals surface area (Å²) in [6.07, 6.45) is 1.63. The van der Waals surface area contributed by atoms with Gasteiger partial charge in [0.1, 0.15) is 5.54 Å². The van der Waals surface area contributed by atoms with E-state index in [2.05, 4.69) is 10.2 Å². The molecule has 7 rings (SSSR count). The van der Waals surface area contributed by atoms with Crippen LogP contribution in [0.25, 0.3) is 0 Å². The molecule has 9 heteroatoms. The Morgan fingerprint density at radius 3 is 2.76 bits per heavy atom. The first kappa shape index (κ1) is 19.4. The van der Waals surface area contributed by atoms with Gasteiger partial charge in [-0.2, -0.15) is 0 Å². The molecule has 0 radical (unpaired) electrons. The average molecular weight is 466 g/mol. The molecule has 3 fully saturated rings. The van der Waals surface area contributed by atoms with Crippen LogP contribution in [-0.4, -0.2) is 42.0 Å². The minimum absolute atomic E-state index is 0.100. The third kappa shape index (κ3) is 2.18. The summed E-state index contributed by atoms with van der Waals surface area (Å²) in [6.45, 7) is 2.64. The SMILES string of the molecule is Cc1cc(Cl)cc2c1NC(=O)[C@@]21[C@H]2C(=O)N(c3ccc4c(c3)OCO4)C(=O)[C@@H]2[C@H]2CCCN21. The van der Waals surface area contributed by atoms with Crippen molar-refractivity contribution in [1.82, 2.24) is 4.90 Å². The Labute approximate surface area is 194 Å². The summed E-state index contributed by atoms with van der Waals surface area (Å²) in [5.74, 6) is -1.23. The number of amides is 3. The fourth-order valence-corrected chi connectivity index (χ4v) is 6.99. The van der Waals surface area contributed by atoms with E-state index in [0.29, 0.717) is 40.0 Å². The van der Waals surface area contributed by atoms with Crippen molar-refractivity contribution in [2.75, 3.05) is 23.6 Å². The Morgan fingerprint density at radius 1 is 1.09 bits per heavy atom. The second-order valence-corrected chi connectivity index (χ2v) is 9.76. The Kier molecular flexibility index (Phi) is 3.68. The van der Waals surface area contributed by atoms with Gasteiger partial charge in [-0.3, -0.25) is 19.3 Å². The largest absolute Gasteiger partial charge is 0.454 e. The fourth-order valence-electron chi connectivity index (χ4n) is 6.71. The van der Waals surface area contributed by atoms with E-state index < -0.39 is 17.4 Å². The minimum atomic E-state index is -1.24. The van der Waals surface area contributed by atoms with E-state index in [1.165, 1.54) is 4.90 Å². The van der Waals surface area contributed by atoms with E-state index in [9.17, 15) is 14.4 Å². The number of carbonyl (C=O) groups is 3. The van der Waals surface area contributed by atoms with Crippen LogP contribution in [0.15, 0.2) is 30.3 Å². The summed E-state index contributed by atoms with van der Waals surface area (Å²) in [5, 5.41) is 3.52. The number of nitrogens with zero attached hydrogens (tertiary/aromatic N) is 2. The summed E-state index contributed by atoms with van der Waals surface area (Å²) in [4.78, 5) is 44.9. The number of imide groups is 1. The third-order valence-electron chi connectivity index (χ3n) is 7.88. The lowest BCUT2D eigenvalue weighted by Gasteiger charge is -2.36. The maximum absolute atomic E-state index is 14.0. The molecule has 8 nitrogen and oxygen atoms in total. The van der Waals surface area contributed by atoms with Crippen molar-refractivity contribution in [3.8, 4) is 11.5 Å². The van der Waals surface area contributed by atoms with Crippen LogP contribution in [0.1, 0.15) is 24.0 Å². The number of hydrogen-bond donors (Lipinski definition) is 1. The molecular formula is C24H20ClN3O5. The molecule has 5 aliphatic heterocycles. The molecular weight excluding hydrogens is 446 g/mol. The van der Waals surface area contributed by atoms with Crippen LogP contribution in [0.5, 0.6) is 11.5 Å². The van der Waals surface area contributed by atoms with E-state index in [1.807, 2.05) is 6.92 Å². The van der Waals surface area contributed by atoms with Crippen molar-refractivity contribution in [3.05, 3.63) is 46.5 Å². The number of carbonyl (C=O) groups excluding carboxylic acids is 3. The van der Waals surface area contributed by atoms with Gasteiger partial charge in [0.2, 0.25) is 24.5 Å². The fraction of sp³-hybridized carbons (Fsp3) is 0.375. The summed E-state index contributed by atoms with van der Waals surface area (Å²) in [7, 11) is 0. The summed E-state index contributed by atoms with van der Waals surface area (Å²) in [5.41, 5.74) is 1.42. The molecule has 33 heavy (non-hydrogen) atoms. The van der Waals surface area contributed by atoms with E-state index >= 15 is 0 Å². The van der Waals surface area contributed by atoms with Gasteiger partial charge in [0.25, 0.3) is 0 Å². The summed E-state index contributed by atoms with van der Waals surface area (Å²) < 4.78 is 10.8. The number of fused-ring (bicyclic) bond motifs is 8. The molecule has 0 aliphatic carbocycles. The number of ether oxygens (including phenoxy) is 2. The first-order valence-electron chi connectivity index (χ1n) is 11.1. The predicted octanol–water partition coefficient (Wildman–Crippen LogP) is 2.81. The van der Waals surface area contributed by atoms with Gasteiger partial charge in [0.05, 0.1) is 17.5 Å². The van der Waals surface area contributed by atoms with Crippen LogP contribution in [0.4, 0.5) is 11.4 Å². The highest BCUT2D eigenvalue weighted by atomic mass is 35.5. The normalized spacial score (nSPS) is 31.4. The van der Waals surface area contributed by atoms with E-state index in [1.54, 1.807) is 30.3 Å². The Hall–Kier alpha value is -3.10. The van der Waals surface area contributed by atoms with Gasteiger partial charge >= 0.3 is 0 Å². The maximum atomic E-state index is 14.0. The molecule has 3 amide bonds. The molecule has 4 atom stereocenters. The number of nitrogens with one attached hydrogen (secondary N) is 1. The van der Waals surface area contributed by atoms with Crippen molar-refractivity contribution in [3.63, 3.8) is 0 Å². The molecule has 5 aliphatic rings. The van der Waals surface area contributed by atoms with Crippen LogP contribution in [-0.2, 0) is 19.9 Å². The number of benzene rings is 2. The molecule has 1 spiro atoms. The third-order valence-corrected chi connectivity index (χ3v) is 8.10. The van der Waals surface area contributed by atoms with Gasteiger partial charge in [-0.1, -0.05) is 11.6 Å². The molecule has 0 unspecified atom stereocenters. The molecule has 0 bridgehead atoms. The van der Waals surface area contributed by atoms with Gasteiger partial charge in [-0.15, -0.1) is 0 Å². The quantitative estimate of drug-likeness (QED) is 0.652. The summed E-state index contributed by atoms with van der Waals surface area (Å²) >= 11 is 6.42. The van der Waals surface area contributed by atoms with Crippen LogP contribution >= 0.6 is 11.6 Å². The monoisotopic (exact) mass is 465 g/mol. The predicted molar refractivity (Wildman–Crippen MR) is 118 cm³/mol. The lowest BCUT2D eigenvalue weighted by Crippen LogP contribution is -2.54. The first-order chi connectivity index (χ1) is 15.9. The lowest BCUT2D eigenvalue weighted by molar-refractivity contribution is -0.135. The van der Waals surface area contributed by atoms with Crippen LogP contribution in [0.3, 0.4) is 0 Å². The number of aryl methyl sites for hydroxylation is 1. The zero-order chi connectivity index (χ0) is 22.6. The maximum Gasteiger partial charge on any atom is 0.250 e. The standard InChI is InChI=1S/C24H20ClN3O5/c1-11-7-12(25)8-14-20(11)26-23(31)24(14)19-18(15-3-2-6-27(15)24)21(29)28(22(19)30)13-4-5-16-17(9-13)33-10-32-16/h4-5,7-9,15,18-19H,2-3,6,10H2,1H3,(H,26,31)/t15-,18-,19-,24+/m1/s1. The van der Waals surface area contributed by atoms with Crippen molar-refractivity contribution < 1.29 is 23.9 Å². The Bertz CT molecular complexity index is 1300. The molecule has 2 aromatic rings. The number of anilines is 2. The van der Waals surface area contributed by atoms with E-state index in [4.69, 9.17) is 21.1 Å². The van der Waals surface area contributed by atoms with Crippen molar-refractivity contribution in [2.24, 2.45) is 11.8 Å². The van der Waals surface area contributed by atoms with Crippen molar-refractivity contribution >= 4 is 40.7 Å². The average Bonchev–Trinajstić information content (AvgIpc) is 3.55. The molecule has 5 heterocycles. The van der Waals surface area contributed by atoms with Gasteiger partial charge in [-0.05, 0) is 56.1 Å². The van der Waals surface area contributed by atoms with Crippen molar-refractivity contribution in [1.29, 1.82) is 0 Å². The topological polar surface area (TPSA) is 88.2 Å². The van der Waals surface area contributed by atoms with Gasteiger partial charge < -0.3 is 14.8 Å². The van der Waals surface area contributed by atoms with Crippen LogP contribution in [0, 0.1) is 18.8 Å². The molecule has 3 saturated heterocycles. The zero-order valence-corrected chi connectivity index (χ0v) is 18.5. The van der Waals surface area contributed by atoms with Crippen LogP contribution in [0.2, 0.25) is 5.02 Å². The molecule has 1 N–H and O–H groups in total. The molecule has 168 valence electrons. The highest BCUT2D eigenvalue weighted by molar-refractivity contribution is 6.31. The molecule has 2 aromatic carbocycles. The zero-order valence-electron chi connectivity index (χ0n) is 17.8. The summed E-state index contributed by atoms with van der Waals surface area (Å²) in [6, 6.07) is 8.44. The molecule has 0 saturated carbocycles. The molecule has 0 aromatic heterocycles. The van der Waals surface area contributed by atoms with Crippen molar-refractivity contribution in [2.45, 2.75) is 31.3 Å². The second kappa shape index (κ2) is 6.27. The Balaban J connectivity index is 1.42. The van der Waals surface area contributed by atoms with Gasteiger partial charge in [0.15, 0.2) is 11.5 Å². The minimum Gasteiger partial charge on any atom is -0.454 e. The van der Waals surface area contributed by atoms with Gasteiger partial charge in [0, 0.05) is 28.4 Å². The van der Waals surface area contributed by atoms with E-state index in [-0.39, 0.29) is 30.6 Å². The highest BCUT2D eigenvalue weighted by Crippen LogP contribution is 2.61. The lowest BCUT2D eigenvalue weighted by atomic mass is 9.75. The highest BCUT2D eigenvalue weighted by Gasteiger charge is 2.74. The number of halogens is 1. The van der Waals surface area contributed by atoms with Crippen LogP contribution < -0.4 is 19.7 Å². The second-order valence-electron chi connectivity index (χ2n) is 9.32. The first-order valence-corrected chi connectivity index (χ1v) is 11.5. The van der Waals surface area contributed by atoms with E-state index in [0.717, 1.165) is 18.4 Å². The van der Waals surface area contributed by atoms with Gasteiger partial charge in [-0.25, -0.2) is 4.90 Å². The Morgan fingerprint density at radius 2 is 1.91 bits per heavy atom. The number of hydrogen-bond acceptors (Lipinski definition) is 6.